The molecule has 0 aromatic heterocycles. The molecular weight excluding hydrogens is 318 g/mol. The van der Waals surface area contributed by atoms with Crippen LogP contribution in [-0.4, -0.2) is 43.5 Å². The van der Waals surface area contributed by atoms with Crippen LogP contribution in [0.15, 0.2) is 28.7 Å². The minimum Gasteiger partial charge on any atom is -0.325 e. The van der Waals surface area contributed by atoms with E-state index in [9.17, 15) is 4.79 Å². The first-order valence-electron chi connectivity index (χ1n) is 7.16. The lowest BCUT2D eigenvalue weighted by Crippen LogP contribution is -2.32. The lowest BCUT2D eigenvalue weighted by atomic mass is 10.1. The average molecular weight is 340 g/mol. The number of nitrogens with one attached hydrogen (secondary N) is 2. The highest BCUT2D eigenvalue weighted by molar-refractivity contribution is 9.10. The first-order valence-corrected chi connectivity index (χ1v) is 7.95. The predicted octanol–water partition coefficient (Wildman–Crippen LogP) is 2.32. The number of nitrogens with zero attached hydrogens (tertiary/aromatic N) is 1. The number of likely N-dealkylation sites (tertiary alicyclic amines) is 1. The summed E-state index contributed by atoms with van der Waals surface area (Å²) >= 11 is 3.39. The zero-order valence-electron chi connectivity index (χ0n) is 11.9. The van der Waals surface area contributed by atoms with Crippen LogP contribution in [-0.2, 0) is 4.79 Å². The SMILES string of the molecule is CCN1CCC(CNCC(=O)Nc2cccc(Br)c2)C1. The summed E-state index contributed by atoms with van der Waals surface area (Å²) < 4.78 is 0.967. The standard InChI is InChI=1S/C15H22BrN3O/c1-2-19-7-6-12(11-19)9-17-10-15(20)18-14-5-3-4-13(16)8-14/h3-5,8,12,17H,2,6-7,9-11H2,1H3,(H,18,20). The highest BCUT2D eigenvalue weighted by Gasteiger charge is 2.20. The molecule has 1 saturated heterocycles. The van der Waals surface area contributed by atoms with Crippen molar-refractivity contribution in [2.75, 3.05) is 38.0 Å². The van der Waals surface area contributed by atoms with E-state index >= 15 is 0 Å². The highest BCUT2D eigenvalue weighted by Crippen LogP contribution is 2.16. The molecule has 1 heterocycles. The van der Waals surface area contributed by atoms with Crippen molar-refractivity contribution in [1.29, 1.82) is 0 Å². The first-order chi connectivity index (χ1) is 9.67. The van der Waals surface area contributed by atoms with Gasteiger partial charge in [-0.3, -0.25) is 4.79 Å². The van der Waals surface area contributed by atoms with Gasteiger partial charge in [-0.2, -0.15) is 0 Å². The van der Waals surface area contributed by atoms with E-state index < -0.39 is 0 Å². The number of carbonyl (C=O) groups excluding carboxylic acids is 1. The topological polar surface area (TPSA) is 44.4 Å². The minimum absolute atomic E-state index is 0.00782. The molecule has 0 spiro atoms. The molecule has 4 nitrogen and oxygen atoms in total. The molecule has 0 aliphatic carbocycles. The second-order valence-corrected chi connectivity index (χ2v) is 6.15. The number of benzene rings is 1. The third kappa shape index (κ3) is 4.89. The molecule has 2 N–H and O–H groups in total. The van der Waals surface area contributed by atoms with Crippen LogP contribution in [0.3, 0.4) is 0 Å². The molecule has 1 aromatic rings. The number of hydrogen-bond donors (Lipinski definition) is 2. The van der Waals surface area contributed by atoms with Gasteiger partial charge in [-0.25, -0.2) is 0 Å². The molecule has 1 atom stereocenters. The maximum atomic E-state index is 11.8. The number of rotatable bonds is 6. The third-order valence-corrected chi connectivity index (χ3v) is 4.14. The van der Waals surface area contributed by atoms with Gasteiger partial charge < -0.3 is 15.5 Å². The van der Waals surface area contributed by atoms with E-state index in [2.05, 4.69) is 38.4 Å². The van der Waals surface area contributed by atoms with E-state index in [1.54, 1.807) is 0 Å². The smallest absolute Gasteiger partial charge is 0.238 e. The van der Waals surface area contributed by atoms with E-state index in [1.807, 2.05) is 24.3 Å². The van der Waals surface area contributed by atoms with Gasteiger partial charge in [0.25, 0.3) is 0 Å². The summed E-state index contributed by atoms with van der Waals surface area (Å²) in [6.07, 6.45) is 1.23. The van der Waals surface area contributed by atoms with Crippen molar-refractivity contribution in [2.24, 2.45) is 5.92 Å². The number of carbonyl (C=O) groups is 1. The van der Waals surface area contributed by atoms with E-state index in [1.165, 1.54) is 13.0 Å². The first kappa shape index (κ1) is 15.5. The fourth-order valence-corrected chi connectivity index (χ4v) is 2.93. The number of halogens is 1. The van der Waals surface area contributed by atoms with E-state index in [0.717, 1.165) is 29.8 Å². The summed E-state index contributed by atoms with van der Waals surface area (Å²) in [4.78, 5) is 14.3. The quantitative estimate of drug-likeness (QED) is 0.835. The molecule has 1 amide bonds. The molecule has 110 valence electrons. The second kappa shape index (κ2) is 7.76. The van der Waals surface area contributed by atoms with Gasteiger partial charge in [-0.15, -0.1) is 0 Å². The fraction of sp³-hybridized carbons (Fsp3) is 0.533. The van der Waals surface area contributed by atoms with Gasteiger partial charge in [0.15, 0.2) is 0 Å². The van der Waals surface area contributed by atoms with Crippen LogP contribution in [0.5, 0.6) is 0 Å². The molecule has 1 unspecified atom stereocenters. The molecule has 0 bridgehead atoms. The summed E-state index contributed by atoms with van der Waals surface area (Å²) in [5.41, 5.74) is 0.823. The summed E-state index contributed by atoms with van der Waals surface area (Å²) in [5.74, 6) is 0.682. The van der Waals surface area contributed by atoms with Crippen molar-refractivity contribution in [3.8, 4) is 0 Å². The molecule has 0 saturated carbocycles. The number of amides is 1. The molecular formula is C15H22BrN3O. The maximum Gasteiger partial charge on any atom is 0.238 e. The van der Waals surface area contributed by atoms with Gasteiger partial charge in [-0.1, -0.05) is 28.9 Å². The molecule has 0 radical (unpaired) electrons. The van der Waals surface area contributed by atoms with Crippen LogP contribution in [0.1, 0.15) is 13.3 Å². The van der Waals surface area contributed by atoms with Crippen LogP contribution in [0.2, 0.25) is 0 Å². The maximum absolute atomic E-state index is 11.8. The van der Waals surface area contributed by atoms with Gasteiger partial charge in [0.1, 0.15) is 0 Å². The average Bonchev–Trinajstić information content (AvgIpc) is 2.86. The Morgan fingerprint density at radius 2 is 2.35 bits per heavy atom. The summed E-state index contributed by atoms with van der Waals surface area (Å²) in [5, 5.41) is 6.14. The zero-order valence-corrected chi connectivity index (χ0v) is 13.4. The van der Waals surface area contributed by atoms with E-state index in [4.69, 9.17) is 0 Å². The summed E-state index contributed by atoms with van der Waals surface area (Å²) in [6, 6.07) is 7.63. The van der Waals surface area contributed by atoms with Crippen molar-refractivity contribution in [1.82, 2.24) is 10.2 Å². The predicted molar refractivity (Wildman–Crippen MR) is 85.9 cm³/mol. The Kier molecular flexibility index (Phi) is 6.01. The van der Waals surface area contributed by atoms with Crippen LogP contribution in [0.25, 0.3) is 0 Å². The Hall–Kier alpha value is -0.910. The van der Waals surface area contributed by atoms with Crippen molar-refractivity contribution in [2.45, 2.75) is 13.3 Å². The summed E-state index contributed by atoms with van der Waals surface area (Å²) in [6.45, 7) is 6.95. The van der Waals surface area contributed by atoms with Gasteiger partial charge >= 0.3 is 0 Å². The second-order valence-electron chi connectivity index (χ2n) is 5.24. The number of anilines is 1. The van der Waals surface area contributed by atoms with Crippen LogP contribution >= 0.6 is 15.9 Å². The van der Waals surface area contributed by atoms with E-state index in [-0.39, 0.29) is 5.91 Å². The fourth-order valence-electron chi connectivity index (χ4n) is 2.53. The van der Waals surface area contributed by atoms with Crippen molar-refractivity contribution in [3.63, 3.8) is 0 Å². The lowest BCUT2D eigenvalue weighted by molar-refractivity contribution is -0.115. The Morgan fingerprint density at radius 1 is 1.50 bits per heavy atom. The zero-order chi connectivity index (χ0) is 14.4. The van der Waals surface area contributed by atoms with Gasteiger partial charge in [0.05, 0.1) is 6.54 Å². The Morgan fingerprint density at radius 3 is 3.05 bits per heavy atom. The van der Waals surface area contributed by atoms with Crippen molar-refractivity contribution in [3.05, 3.63) is 28.7 Å². The van der Waals surface area contributed by atoms with Crippen LogP contribution in [0, 0.1) is 5.92 Å². The van der Waals surface area contributed by atoms with Crippen LogP contribution in [0.4, 0.5) is 5.69 Å². The molecule has 1 fully saturated rings. The lowest BCUT2D eigenvalue weighted by Gasteiger charge is -2.13. The molecule has 2 rings (SSSR count). The molecule has 1 aromatic carbocycles. The largest absolute Gasteiger partial charge is 0.325 e. The van der Waals surface area contributed by atoms with Gasteiger partial charge in [0, 0.05) is 16.7 Å². The van der Waals surface area contributed by atoms with Crippen molar-refractivity contribution < 1.29 is 4.79 Å². The third-order valence-electron chi connectivity index (χ3n) is 3.64. The normalized spacial score (nSPS) is 19.2. The molecule has 5 heteroatoms. The Labute approximate surface area is 129 Å². The molecule has 1 aliphatic heterocycles. The minimum atomic E-state index is 0.00782. The Bertz CT molecular complexity index is 452. The van der Waals surface area contributed by atoms with Gasteiger partial charge in [0.2, 0.25) is 5.91 Å². The van der Waals surface area contributed by atoms with E-state index in [0.29, 0.717) is 12.5 Å². The van der Waals surface area contributed by atoms with Gasteiger partial charge in [-0.05, 0) is 50.2 Å². The Balaban J connectivity index is 1.66. The molecule has 20 heavy (non-hydrogen) atoms. The van der Waals surface area contributed by atoms with Crippen molar-refractivity contribution >= 4 is 27.5 Å². The molecule has 1 aliphatic rings. The monoisotopic (exact) mass is 339 g/mol. The highest BCUT2D eigenvalue weighted by atomic mass is 79.9. The summed E-state index contributed by atoms with van der Waals surface area (Å²) in [7, 11) is 0. The number of hydrogen-bond acceptors (Lipinski definition) is 3. The van der Waals surface area contributed by atoms with Crippen LogP contribution < -0.4 is 10.6 Å².